The van der Waals surface area contributed by atoms with Crippen molar-refractivity contribution in [3.63, 3.8) is 0 Å². The molecule has 0 spiro atoms. The molecule has 6 heteroatoms. The van der Waals surface area contributed by atoms with Crippen LogP contribution in [-0.4, -0.2) is 47.1 Å². The quantitative estimate of drug-likeness (QED) is 0.830. The van der Waals surface area contributed by atoms with Gasteiger partial charge in [0.2, 0.25) is 0 Å². The lowest BCUT2D eigenvalue weighted by Gasteiger charge is -2.37. The summed E-state index contributed by atoms with van der Waals surface area (Å²) in [6, 6.07) is 2.34. The Kier molecular flexibility index (Phi) is 5.45. The lowest BCUT2D eigenvalue weighted by molar-refractivity contribution is 0.210. The summed E-state index contributed by atoms with van der Waals surface area (Å²) in [6.07, 6.45) is 3.88. The highest BCUT2D eigenvalue weighted by atomic mass is 19.1. The van der Waals surface area contributed by atoms with Crippen LogP contribution in [0, 0.1) is 17.1 Å². The van der Waals surface area contributed by atoms with Crippen LogP contribution < -0.4 is 4.90 Å². The van der Waals surface area contributed by atoms with Gasteiger partial charge in [-0.1, -0.05) is 20.3 Å². The molecule has 1 aliphatic heterocycles. The van der Waals surface area contributed by atoms with E-state index in [2.05, 4.69) is 27.9 Å². The van der Waals surface area contributed by atoms with Crippen molar-refractivity contribution < 1.29 is 4.39 Å². The van der Waals surface area contributed by atoms with Crippen molar-refractivity contribution in [3.05, 3.63) is 17.8 Å². The second kappa shape index (κ2) is 7.32. The molecular formula is C15H22FN5. The van der Waals surface area contributed by atoms with Gasteiger partial charge in [0.15, 0.2) is 11.6 Å². The minimum atomic E-state index is -0.307. The molecule has 1 aliphatic rings. The number of aryl methyl sites for hydroxylation is 1. The Bertz CT molecular complexity index is 505. The van der Waals surface area contributed by atoms with Crippen LogP contribution in [-0.2, 0) is 6.42 Å². The number of hydrogen-bond donors (Lipinski definition) is 0. The molecule has 1 atom stereocenters. The Balaban J connectivity index is 2.03. The summed E-state index contributed by atoms with van der Waals surface area (Å²) in [5.74, 6) is 0.0874. The summed E-state index contributed by atoms with van der Waals surface area (Å²) >= 11 is 0. The molecule has 0 aromatic carbocycles. The normalized spacial score (nSPS) is 17.5. The number of hydrogen-bond acceptors (Lipinski definition) is 5. The van der Waals surface area contributed by atoms with Crippen LogP contribution in [0.25, 0.3) is 0 Å². The molecular weight excluding hydrogens is 269 g/mol. The fourth-order valence-corrected chi connectivity index (χ4v) is 2.71. The van der Waals surface area contributed by atoms with Gasteiger partial charge in [-0.15, -0.1) is 0 Å². The van der Waals surface area contributed by atoms with E-state index < -0.39 is 0 Å². The van der Waals surface area contributed by atoms with Crippen LogP contribution in [0.1, 0.15) is 32.4 Å². The van der Waals surface area contributed by atoms with Crippen molar-refractivity contribution in [3.8, 4) is 6.07 Å². The molecule has 1 aromatic rings. The predicted molar refractivity (Wildman–Crippen MR) is 79.5 cm³/mol. The zero-order valence-electron chi connectivity index (χ0n) is 12.7. The summed E-state index contributed by atoms with van der Waals surface area (Å²) in [5.41, 5.74) is 0.461. The second-order valence-corrected chi connectivity index (χ2v) is 5.27. The monoisotopic (exact) mass is 291 g/mol. The van der Waals surface area contributed by atoms with E-state index >= 15 is 0 Å². The Morgan fingerprint density at radius 3 is 2.57 bits per heavy atom. The molecule has 0 amide bonds. The molecule has 1 saturated heterocycles. The number of halogens is 1. The minimum absolute atomic E-state index is 0.0291. The smallest absolute Gasteiger partial charge is 0.187 e. The Morgan fingerprint density at radius 2 is 2.00 bits per heavy atom. The first-order valence-electron chi connectivity index (χ1n) is 7.59. The van der Waals surface area contributed by atoms with Gasteiger partial charge in [-0.2, -0.15) is 5.26 Å². The number of nitriles is 1. The number of rotatable bonds is 5. The third-order valence-corrected chi connectivity index (χ3v) is 3.94. The predicted octanol–water partition coefficient (Wildman–Crippen LogP) is 1.99. The number of anilines is 1. The molecule has 0 N–H and O–H groups in total. The van der Waals surface area contributed by atoms with Crippen molar-refractivity contribution in [2.75, 3.05) is 31.1 Å². The van der Waals surface area contributed by atoms with E-state index in [1.54, 1.807) is 0 Å². The standard InChI is InChI=1S/C15H22FN5/c1-3-5-12(10-17)20-6-8-21(9-7-20)15-14(16)13(4-2)18-11-19-15/h11-12H,3-9H2,1-2H3. The van der Waals surface area contributed by atoms with E-state index in [4.69, 9.17) is 0 Å². The maximum Gasteiger partial charge on any atom is 0.187 e. The topological polar surface area (TPSA) is 56.1 Å². The van der Waals surface area contributed by atoms with Crippen molar-refractivity contribution >= 4 is 5.82 Å². The first-order valence-corrected chi connectivity index (χ1v) is 7.59. The van der Waals surface area contributed by atoms with Crippen LogP contribution in [0.3, 0.4) is 0 Å². The van der Waals surface area contributed by atoms with E-state index in [1.807, 2.05) is 11.8 Å². The van der Waals surface area contributed by atoms with E-state index in [0.717, 1.165) is 25.9 Å². The molecule has 5 nitrogen and oxygen atoms in total. The van der Waals surface area contributed by atoms with Gasteiger partial charge in [-0.05, 0) is 12.8 Å². The minimum Gasteiger partial charge on any atom is -0.352 e. The zero-order chi connectivity index (χ0) is 15.2. The Labute approximate surface area is 125 Å². The van der Waals surface area contributed by atoms with Gasteiger partial charge in [0.25, 0.3) is 0 Å². The first kappa shape index (κ1) is 15.6. The molecule has 0 aliphatic carbocycles. The van der Waals surface area contributed by atoms with Gasteiger partial charge in [0.1, 0.15) is 6.33 Å². The van der Waals surface area contributed by atoms with Crippen molar-refractivity contribution in [2.24, 2.45) is 0 Å². The zero-order valence-corrected chi connectivity index (χ0v) is 12.7. The van der Waals surface area contributed by atoms with Gasteiger partial charge in [-0.25, -0.2) is 14.4 Å². The van der Waals surface area contributed by atoms with E-state index in [1.165, 1.54) is 6.33 Å². The molecule has 0 saturated carbocycles. The van der Waals surface area contributed by atoms with Gasteiger partial charge < -0.3 is 4.90 Å². The number of nitrogens with zero attached hydrogens (tertiary/aromatic N) is 5. The summed E-state index contributed by atoms with van der Waals surface area (Å²) < 4.78 is 14.3. The van der Waals surface area contributed by atoms with Crippen LogP contribution >= 0.6 is 0 Å². The highest BCUT2D eigenvalue weighted by molar-refractivity contribution is 5.41. The average Bonchev–Trinajstić information content (AvgIpc) is 2.53. The summed E-state index contributed by atoms with van der Waals surface area (Å²) in [7, 11) is 0. The fourth-order valence-electron chi connectivity index (χ4n) is 2.71. The SMILES string of the molecule is CCCC(C#N)N1CCN(c2ncnc(CC)c2F)CC1. The average molecular weight is 291 g/mol. The lowest BCUT2D eigenvalue weighted by atomic mass is 10.1. The summed E-state index contributed by atoms with van der Waals surface area (Å²) in [4.78, 5) is 12.2. The number of aromatic nitrogens is 2. The van der Waals surface area contributed by atoms with E-state index in [0.29, 0.717) is 31.0 Å². The molecule has 2 rings (SSSR count). The van der Waals surface area contributed by atoms with Crippen LogP contribution in [0.5, 0.6) is 0 Å². The first-order chi connectivity index (χ1) is 10.2. The molecule has 0 bridgehead atoms. The Hall–Kier alpha value is -1.74. The maximum atomic E-state index is 14.3. The van der Waals surface area contributed by atoms with Crippen molar-refractivity contribution in [2.45, 2.75) is 39.2 Å². The molecule has 1 unspecified atom stereocenters. The molecule has 1 aromatic heterocycles. The highest BCUT2D eigenvalue weighted by Crippen LogP contribution is 2.20. The summed E-state index contributed by atoms with van der Waals surface area (Å²) in [6.45, 7) is 6.89. The lowest BCUT2D eigenvalue weighted by Crippen LogP contribution is -2.50. The third kappa shape index (κ3) is 3.48. The van der Waals surface area contributed by atoms with E-state index in [-0.39, 0.29) is 11.9 Å². The van der Waals surface area contributed by atoms with Gasteiger partial charge in [0.05, 0.1) is 17.8 Å². The molecule has 114 valence electrons. The maximum absolute atomic E-state index is 14.3. The van der Waals surface area contributed by atoms with Crippen LogP contribution in [0.4, 0.5) is 10.2 Å². The van der Waals surface area contributed by atoms with Crippen LogP contribution in [0.2, 0.25) is 0 Å². The van der Waals surface area contributed by atoms with Gasteiger partial charge >= 0.3 is 0 Å². The van der Waals surface area contributed by atoms with Crippen molar-refractivity contribution in [1.82, 2.24) is 14.9 Å². The highest BCUT2D eigenvalue weighted by Gasteiger charge is 2.25. The molecule has 21 heavy (non-hydrogen) atoms. The van der Waals surface area contributed by atoms with Gasteiger partial charge in [0, 0.05) is 26.2 Å². The molecule has 2 heterocycles. The fraction of sp³-hybridized carbons (Fsp3) is 0.667. The summed E-state index contributed by atoms with van der Waals surface area (Å²) in [5, 5.41) is 9.22. The third-order valence-electron chi connectivity index (χ3n) is 3.94. The second-order valence-electron chi connectivity index (χ2n) is 5.27. The van der Waals surface area contributed by atoms with Crippen molar-refractivity contribution in [1.29, 1.82) is 5.26 Å². The van der Waals surface area contributed by atoms with Gasteiger partial charge in [-0.3, -0.25) is 4.90 Å². The van der Waals surface area contributed by atoms with Crippen LogP contribution in [0.15, 0.2) is 6.33 Å². The molecule has 0 radical (unpaired) electrons. The largest absolute Gasteiger partial charge is 0.352 e. The van der Waals surface area contributed by atoms with E-state index in [9.17, 15) is 9.65 Å². The molecule has 1 fully saturated rings. The Morgan fingerprint density at radius 1 is 1.29 bits per heavy atom. The number of piperazine rings is 1.